The van der Waals surface area contributed by atoms with Gasteiger partial charge in [0, 0.05) is 17.0 Å². The van der Waals surface area contributed by atoms with Crippen LogP contribution in [0.25, 0.3) is 0 Å². The molecule has 3 saturated carbocycles. The molecule has 1 unspecified atom stereocenters. The van der Waals surface area contributed by atoms with Gasteiger partial charge in [-0.25, -0.2) is 4.79 Å². The van der Waals surface area contributed by atoms with E-state index >= 15 is 0 Å². The third-order valence-corrected chi connectivity index (χ3v) is 6.58. The van der Waals surface area contributed by atoms with E-state index in [9.17, 15) is 9.59 Å². The topological polar surface area (TPSA) is 48.3 Å². The van der Waals surface area contributed by atoms with Crippen LogP contribution in [0.2, 0.25) is 0 Å². The highest BCUT2D eigenvalue weighted by molar-refractivity contribution is 7.71. The van der Waals surface area contributed by atoms with Gasteiger partial charge in [-0.1, -0.05) is 43.8 Å². The first-order valence-electron chi connectivity index (χ1n) is 9.25. The molecule has 0 aromatic carbocycles. The van der Waals surface area contributed by atoms with Crippen LogP contribution >= 0.6 is 12.2 Å². The summed E-state index contributed by atoms with van der Waals surface area (Å²) in [6.07, 6.45) is 6.77. The lowest BCUT2D eigenvalue weighted by atomic mass is 9.46. The van der Waals surface area contributed by atoms with Crippen LogP contribution in [-0.2, 0) is 9.59 Å². The maximum Gasteiger partial charge on any atom is 0.336 e. The average molecular weight is 374 g/mol. The second kappa shape index (κ2) is 6.76. The summed E-state index contributed by atoms with van der Waals surface area (Å²) in [4.78, 5) is 31.8. The lowest BCUT2D eigenvalue weighted by molar-refractivity contribution is -0.174. The molecule has 1 aromatic rings. The molecule has 0 aliphatic heterocycles. The van der Waals surface area contributed by atoms with Gasteiger partial charge in [-0.2, -0.15) is 4.73 Å². The van der Waals surface area contributed by atoms with Crippen LogP contribution in [0.1, 0.15) is 53.4 Å². The minimum absolute atomic E-state index is 0.0119. The molecule has 0 spiro atoms. The zero-order valence-electron chi connectivity index (χ0n) is 16.0. The fourth-order valence-electron chi connectivity index (χ4n) is 4.79. The van der Waals surface area contributed by atoms with Crippen molar-refractivity contribution in [2.75, 3.05) is 0 Å². The van der Waals surface area contributed by atoms with Crippen molar-refractivity contribution < 1.29 is 14.4 Å². The minimum Gasteiger partial charge on any atom is -0.335 e. The third kappa shape index (κ3) is 3.18. The van der Waals surface area contributed by atoms with E-state index in [0.717, 1.165) is 12.8 Å². The number of hydrogen-bond donors (Lipinski definition) is 0. The highest BCUT2D eigenvalue weighted by Gasteiger charge is 2.62. The average Bonchev–Trinajstić information content (AvgIpc) is 2.59. The Morgan fingerprint density at radius 2 is 2.12 bits per heavy atom. The molecule has 26 heavy (non-hydrogen) atoms. The zero-order valence-corrected chi connectivity index (χ0v) is 16.8. The first-order valence-corrected chi connectivity index (χ1v) is 9.66. The van der Waals surface area contributed by atoms with Gasteiger partial charge in [0.15, 0.2) is 0 Å². The maximum absolute atomic E-state index is 13.2. The smallest absolute Gasteiger partial charge is 0.335 e. The molecule has 4 nitrogen and oxygen atoms in total. The molecule has 1 heterocycles. The van der Waals surface area contributed by atoms with Crippen LogP contribution in [0, 0.1) is 27.3 Å². The molecule has 3 aliphatic carbocycles. The van der Waals surface area contributed by atoms with Crippen molar-refractivity contribution in [1.82, 2.24) is 4.73 Å². The van der Waals surface area contributed by atoms with Gasteiger partial charge in [0.25, 0.3) is 0 Å². The van der Waals surface area contributed by atoms with E-state index in [1.807, 2.05) is 33.8 Å². The van der Waals surface area contributed by atoms with Crippen LogP contribution in [0.5, 0.6) is 0 Å². The van der Waals surface area contributed by atoms with Crippen LogP contribution < -0.4 is 4.84 Å². The van der Waals surface area contributed by atoms with Crippen molar-refractivity contribution in [1.29, 1.82) is 0 Å². The Bertz CT molecular complexity index is 823. The number of ketones is 1. The van der Waals surface area contributed by atoms with Crippen LogP contribution in [-0.4, -0.2) is 16.5 Å². The van der Waals surface area contributed by atoms with Crippen molar-refractivity contribution in [2.24, 2.45) is 22.7 Å². The Hall–Kier alpha value is -1.75. The summed E-state index contributed by atoms with van der Waals surface area (Å²) in [5, 5.41) is 0. The van der Waals surface area contributed by atoms with E-state index in [2.05, 4.69) is 6.08 Å². The van der Waals surface area contributed by atoms with Gasteiger partial charge in [0.2, 0.25) is 0 Å². The summed E-state index contributed by atoms with van der Waals surface area (Å²) in [5.74, 6) is -0.236. The third-order valence-electron chi connectivity index (χ3n) is 6.26. The van der Waals surface area contributed by atoms with E-state index in [1.54, 1.807) is 18.3 Å². The Balaban J connectivity index is 1.90. The van der Waals surface area contributed by atoms with E-state index in [-0.39, 0.29) is 17.8 Å². The van der Waals surface area contributed by atoms with Gasteiger partial charge >= 0.3 is 5.97 Å². The van der Waals surface area contributed by atoms with Crippen molar-refractivity contribution >= 4 is 24.0 Å². The predicted octanol–water partition coefficient (Wildman–Crippen LogP) is 4.54. The molecule has 0 radical (unpaired) electrons. The quantitative estimate of drug-likeness (QED) is 0.574. The van der Waals surface area contributed by atoms with Crippen molar-refractivity contribution in [3.63, 3.8) is 0 Å². The molecule has 5 heteroatoms. The molecule has 4 atom stereocenters. The van der Waals surface area contributed by atoms with E-state index in [4.69, 9.17) is 17.1 Å². The van der Waals surface area contributed by atoms with Crippen LogP contribution in [0.4, 0.5) is 0 Å². The number of carbonyl (C=O) groups is 2. The predicted molar refractivity (Wildman–Crippen MR) is 103 cm³/mol. The number of rotatable bonds is 4. The molecule has 3 fully saturated rings. The number of fused-ring (bicyclic) bond motifs is 3. The highest BCUT2D eigenvalue weighted by Crippen LogP contribution is 2.60. The minimum atomic E-state index is -0.510. The number of aromatic nitrogens is 1. The second-order valence-electron chi connectivity index (χ2n) is 8.52. The fourth-order valence-corrected chi connectivity index (χ4v) is 4.97. The van der Waals surface area contributed by atoms with Gasteiger partial charge < -0.3 is 4.84 Å². The summed E-state index contributed by atoms with van der Waals surface area (Å²) in [5.41, 5.74) is 0.242. The Morgan fingerprint density at radius 3 is 2.77 bits per heavy atom. The first-order chi connectivity index (χ1) is 12.2. The summed E-state index contributed by atoms with van der Waals surface area (Å²) in [6.45, 7) is 8.13. The summed E-state index contributed by atoms with van der Waals surface area (Å²) < 4.78 is 1.80. The fraction of sp³-hybridized carbons (Fsp3) is 0.571. The number of pyridine rings is 1. The molecular weight excluding hydrogens is 346 g/mol. The standard InChI is InChI=1S/C21H27NO3S/c1-14(2)8-11-21(4)16-9-10-20(3,19(21)24)13-15(16)18(23)25-22-12-6-5-7-17(22)26/h5-8,12,15-16H,9-11,13H2,1-4H3/t15?,16-,20+,21+/m0/s1. The number of carbonyl (C=O) groups excluding carboxylic acids is 2. The summed E-state index contributed by atoms with van der Waals surface area (Å²) in [6, 6.07) is 5.31. The maximum atomic E-state index is 13.2. The molecule has 0 amide bonds. The zero-order chi connectivity index (χ0) is 19.1. The number of hydrogen-bond acceptors (Lipinski definition) is 4. The SMILES string of the molecule is CC(C)=CC[C@@]1(C)C(=O)[C@]2(C)CC[C@H]1C(C(=O)On1ccccc1=S)C2. The van der Waals surface area contributed by atoms with Gasteiger partial charge in [-0.15, -0.1) is 0 Å². The van der Waals surface area contributed by atoms with E-state index in [1.165, 1.54) is 10.3 Å². The van der Waals surface area contributed by atoms with Gasteiger partial charge in [0.05, 0.1) is 5.92 Å². The molecule has 4 rings (SSSR count). The number of Topliss-reactive ketones (excluding diaryl/α,β-unsaturated/α-hetero) is 1. The Kier molecular flexibility index (Phi) is 4.95. The lowest BCUT2D eigenvalue weighted by Crippen LogP contribution is -2.59. The Morgan fingerprint density at radius 1 is 1.38 bits per heavy atom. The van der Waals surface area contributed by atoms with Gasteiger partial charge in [0.1, 0.15) is 10.4 Å². The Labute approximate surface area is 160 Å². The van der Waals surface area contributed by atoms with Crippen molar-refractivity contribution in [2.45, 2.75) is 53.4 Å². The monoisotopic (exact) mass is 373 g/mol. The molecule has 3 aliphatic rings. The van der Waals surface area contributed by atoms with E-state index in [0.29, 0.717) is 23.3 Å². The summed E-state index contributed by atoms with van der Waals surface area (Å²) in [7, 11) is 0. The molecular formula is C21H27NO3S. The summed E-state index contributed by atoms with van der Waals surface area (Å²) >= 11 is 5.22. The highest BCUT2D eigenvalue weighted by atomic mass is 32.1. The van der Waals surface area contributed by atoms with Crippen molar-refractivity contribution in [3.05, 3.63) is 40.7 Å². The normalized spacial score (nSPS) is 33.0. The molecule has 0 N–H and O–H groups in total. The number of nitrogens with zero attached hydrogens (tertiary/aromatic N) is 1. The largest absolute Gasteiger partial charge is 0.336 e. The van der Waals surface area contributed by atoms with Crippen molar-refractivity contribution in [3.8, 4) is 0 Å². The second-order valence-corrected chi connectivity index (χ2v) is 8.94. The molecule has 140 valence electrons. The van der Waals surface area contributed by atoms with Gasteiger partial charge in [-0.05, 0) is 57.6 Å². The lowest BCUT2D eigenvalue weighted by Gasteiger charge is -2.56. The number of allylic oxidation sites excluding steroid dienone is 2. The first kappa shape index (κ1) is 19.0. The molecule has 1 aromatic heterocycles. The van der Waals surface area contributed by atoms with Crippen LogP contribution in [0.15, 0.2) is 36.0 Å². The van der Waals surface area contributed by atoms with Gasteiger partial charge in [-0.3, -0.25) is 4.79 Å². The van der Waals surface area contributed by atoms with Crippen LogP contribution in [0.3, 0.4) is 0 Å². The molecule has 2 bridgehead atoms. The van der Waals surface area contributed by atoms with E-state index < -0.39 is 10.8 Å². The molecule has 0 saturated heterocycles.